The summed E-state index contributed by atoms with van der Waals surface area (Å²) in [4.78, 5) is 11.1. The van der Waals surface area contributed by atoms with E-state index < -0.39 is 0 Å². The molecule has 0 aromatic heterocycles. The molecule has 0 bridgehead atoms. The number of carbonyl (C=O) groups is 1. The van der Waals surface area contributed by atoms with E-state index in [1.54, 1.807) is 0 Å². The first-order valence-electron chi connectivity index (χ1n) is 4.74. The van der Waals surface area contributed by atoms with Crippen molar-refractivity contribution in [1.29, 1.82) is 0 Å². The molecule has 0 aliphatic heterocycles. The number of halogens is 1. The molecule has 1 aromatic carbocycles. The summed E-state index contributed by atoms with van der Waals surface area (Å²) in [5.74, 6) is 0.0399. The number of carbonyl (C=O) groups excluding carboxylic acids is 1. The Hall–Kier alpha value is -0.830. The van der Waals surface area contributed by atoms with E-state index in [1.165, 1.54) is 0 Å². The van der Waals surface area contributed by atoms with Crippen molar-refractivity contribution in [2.75, 3.05) is 10.6 Å². The first kappa shape index (κ1) is 13.2. The molecule has 0 saturated carbocycles. The maximum absolute atomic E-state index is 11.1. The number of benzene rings is 1. The molecule has 0 atom stereocenters. The van der Waals surface area contributed by atoms with Crippen molar-refractivity contribution in [3.8, 4) is 0 Å². The summed E-state index contributed by atoms with van der Waals surface area (Å²) >= 11 is 3.20. The molecule has 1 rings (SSSR count). The monoisotopic (exact) mass is 257 g/mol. The number of anilines is 1. The molecule has 0 radical (unpaired) electrons. The summed E-state index contributed by atoms with van der Waals surface area (Å²) in [5, 5.41) is 3.47. The lowest BCUT2D eigenvalue weighted by Gasteiger charge is -2.01. The number of para-hydroxylation sites is 1. The van der Waals surface area contributed by atoms with Crippen molar-refractivity contribution in [1.82, 2.24) is 0 Å². The van der Waals surface area contributed by atoms with Gasteiger partial charge in [-0.3, -0.25) is 4.79 Å². The van der Waals surface area contributed by atoms with Crippen LogP contribution in [0.5, 0.6) is 0 Å². The summed E-state index contributed by atoms with van der Waals surface area (Å²) in [6.45, 7) is 4.00. The van der Waals surface area contributed by atoms with Gasteiger partial charge in [0.05, 0.1) is 0 Å². The second kappa shape index (κ2) is 8.75. The molecule has 0 spiro atoms. The quantitative estimate of drug-likeness (QED) is 0.827. The van der Waals surface area contributed by atoms with Crippen LogP contribution >= 0.6 is 15.9 Å². The van der Waals surface area contributed by atoms with Gasteiger partial charge in [-0.1, -0.05) is 48.0 Å². The first-order valence-corrected chi connectivity index (χ1v) is 5.86. The summed E-state index contributed by atoms with van der Waals surface area (Å²) < 4.78 is 0. The number of alkyl halides is 1. The van der Waals surface area contributed by atoms with E-state index in [9.17, 15) is 4.79 Å². The Kier molecular flexibility index (Phi) is 8.24. The van der Waals surface area contributed by atoms with Gasteiger partial charge in [0.2, 0.25) is 5.91 Å². The van der Waals surface area contributed by atoms with Gasteiger partial charge in [0.25, 0.3) is 0 Å². The molecule has 2 nitrogen and oxygen atoms in total. The molecule has 0 unspecified atom stereocenters. The minimum atomic E-state index is 0.0399. The third kappa shape index (κ3) is 5.75. The molecule has 0 heterocycles. The van der Waals surface area contributed by atoms with E-state index in [0.717, 1.165) is 5.69 Å². The van der Waals surface area contributed by atoms with E-state index in [2.05, 4.69) is 21.2 Å². The van der Waals surface area contributed by atoms with Crippen molar-refractivity contribution in [2.24, 2.45) is 0 Å². The number of rotatable bonds is 3. The SMILES string of the molecule is CC.O=C(CCBr)Nc1ccccc1. The summed E-state index contributed by atoms with van der Waals surface area (Å²) in [5.41, 5.74) is 0.850. The standard InChI is InChI=1S/C9H10BrNO.C2H6/c10-7-6-9(12)11-8-4-2-1-3-5-8;1-2/h1-5H,6-7H2,(H,11,12);1-2H3. The molecule has 0 saturated heterocycles. The molecule has 1 amide bonds. The fraction of sp³-hybridized carbons (Fsp3) is 0.364. The fourth-order valence-corrected chi connectivity index (χ4v) is 1.19. The van der Waals surface area contributed by atoms with Crippen LogP contribution in [0.4, 0.5) is 5.69 Å². The number of nitrogens with one attached hydrogen (secondary N) is 1. The summed E-state index contributed by atoms with van der Waals surface area (Å²) in [6, 6.07) is 9.44. The zero-order valence-corrected chi connectivity index (χ0v) is 10.2. The average molecular weight is 258 g/mol. The van der Waals surface area contributed by atoms with Gasteiger partial charge in [0.15, 0.2) is 0 Å². The molecule has 0 fully saturated rings. The third-order valence-electron chi connectivity index (χ3n) is 1.38. The number of amides is 1. The van der Waals surface area contributed by atoms with Crippen molar-refractivity contribution in [2.45, 2.75) is 20.3 Å². The molecule has 3 heteroatoms. The number of hydrogen-bond donors (Lipinski definition) is 1. The van der Waals surface area contributed by atoms with Crippen LogP contribution < -0.4 is 5.32 Å². The van der Waals surface area contributed by atoms with Gasteiger partial charge < -0.3 is 5.32 Å². The predicted molar refractivity (Wildman–Crippen MR) is 64.8 cm³/mol. The Morgan fingerprint density at radius 2 is 1.86 bits per heavy atom. The zero-order valence-electron chi connectivity index (χ0n) is 8.59. The van der Waals surface area contributed by atoms with Crippen molar-refractivity contribution in [3.05, 3.63) is 30.3 Å². The minimum absolute atomic E-state index is 0.0399. The van der Waals surface area contributed by atoms with E-state index in [1.807, 2.05) is 44.2 Å². The Morgan fingerprint density at radius 3 is 2.36 bits per heavy atom. The van der Waals surface area contributed by atoms with E-state index in [0.29, 0.717) is 11.8 Å². The van der Waals surface area contributed by atoms with Crippen LogP contribution in [0.1, 0.15) is 20.3 Å². The molecule has 78 valence electrons. The lowest BCUT2D eigenvalue weighted by Crippen LogP contribution is -2.11. The molecule has 0 aliphatic rings. The Labute approximate surface area is 93.8 Å². The summed E-state index contributed by atoms with van der Waals surface area (Å²) in [6.07, 6.45) is 0.509. The second-order valence-electron chi connectivity index (χ2n) is 2.35. The molecule has 14 heavy (non-hydrogen) atoms. The van der Waals surface area contributed by atoms with E-state index >= 15 is 0 Å². The van der Waals surface area contributed by atoms with Crippen molar-refractivity contribution in [3.63, 3.8) is 0 Å². The van der Waals surface area contributed by atoms with E-state index in [-0.39, 0.29) is 5.91 Å². The first-order chi connectivity index (χ1) is 6.83. The molecular weight excluding hydrogens is 242 g/mol. The van der Waals surface area contributed by atoms with Gasteiger partial charge >= 0.3 is 0 Å². The molecule has 1 aromatic rings. The highest BCUT2D eigenvalue weighted by molar-refractivity contribution is 9.09. The maximum Gasteiger partial charge on any atom is 0.225 e. The highest BCUT2D eigenvalue weighted by Gasteiger charge is 1.98. The highest BCUT2D eigenvalue weighted by atomic mass is 79.9. The Balaban J connectivity index is 0.000000791. The zero-order chi connectivity index (χ0) is 10.8. The van der Waals surface area contributed by atoms with Crippen LogP contribution in [-0.4, -0.2) is 11.2 Å². The van der Waals surface area contributed by atoms with Crippen LogP contribution in [0, 0.1) is 0 Å². The van der Waals surface area contributed by atoms with Crippen LogP contribution in [0.25, 0.3) is 0 Å². The Morgan fingerprint density at radius 1 is 1.29 bits per heavy atom. The second-order valence-corrected chi connectivity index (χ2v) is 3.15. The predicted octanol–water partition coefficient (Wildman–Crippen LogP) is 3.44. The van der Waals surface area contributed by atoms with Crippen LogP contribution in [-0.2, 0) is 4.79 Å². The van der Waals surface area contributed by atoms with Gasteiger partial charge in [-0.15, -0.1) is 0 Å². The fourth-order valence-electron chi connectivity index (χ4n) is 0.831. The third-order valence-corrected chi connectivity index (χ3v) is 1.78. The van der Waals surface area contributed by atoms with Crippen molar-refractivity contribution >= 4 is 27.5 Å². The lowest BCUT2D eigenvalue weighted by atomic mass is 10.3. The average Bonchev–Trinajstić information content (AvgIpc) is 2.22. The highest BCUT2D eigenvalue weighted by Crippen LogP contribution is 2.05. The summed E-state index contributed by atoms with van der Waals surface area (Å²) in [7, 11) is 0. The Bertz CT molecular complexity index is 249. The smallest absolute Gasteiger partial charge is 0.225 e. The molecular formula is C11H16BrNO. The van der Waals surface area contributed by atoms with Crippen molar-refractivity contribution < 1.29 is 4.79 Å². The van der Waals surface area contributed by atoms with Gasteiger partial charge in [0, 0.05) is 17.4 Å². The minimum Gasteiger partial charge on any atom is -0.326 e. The van der Waals surface area contributed by atoms with Crippen LogP contribution in [0.2, 0.25) is 0 Å². The van der Waals surface area contributed by atoms with Gasteiger partial charge in [0.1, 0.15) is 0 Å². The molecule has 1 N–H and O–H groups in total. The van der Waals surface area contributed by atoms with Crippen LogP contribution in [0.3, 0.4) is 0 Å². The molecule has 0 aliphatic carbocycles. The lowest BCUT2D eigenvalue weighted by molar-refractivity contribution is -0.115. The largest absolute Gasteiger partial charge is 0.326 e. The van der Waals surface area contributed by atoms with Crippen LogP contribution in [0.15, 0.2) is 30.3 Å². The maximum atomic E-state index is 11.1. The van der Waals surface area contributed by atoms with Gasteiger partial charge in [-0.2, -0.15) is 0 Å². The topological polar surface area (TPSA) is 29.1 Å². The van der Waals surface area contributed by atoms with Gasteiger partial charge in [-0.25, -0.2) is 0 Å². The normalized spacial score (nSPS) is 8.50. The van der Waals surface area contributed by atoms with E-state index in [4.69, 9.17) is 0 Å². The number of hydrogen-bond acceptors (Lipinski definition) is 1. The van der Waals surface area contributed by atoms with Gasteiger partial charge in [-0.05, 0) is 12.1 Å².